The molecule has 2 N–H and O–H groups in total. The summed E-state index contributed by atoms with van der Waals surface area (Å²) in [5.41, 5.74) is 0. The fourth-order valence-electron chi connectivity index (χ4n) is 2.80. The predicted octanol–water partition coefficient (Wildman–Crippen LogP) is 2.58. The summed E-state index contributed by atoms with van der Waals surface area (Å²) in [6, 6.07) is 0. The molecule has 5 heteroatoms. The van der Waals surface area contributed by atoms with Crippen molar-refractivity contribution in [2.45, 2.75) is 64.4 Å². The van der Waals surface area contributed by atoms with E-state index in [9.17, 15) is 14.7 Å². The molecule has 1 heterocycles. The monoisotopic (exact) mass is 349 g/mol. The number of methoxy groups -OCH3 is 1. The quantitative estimate of drug-likeness (QED) is 0.275. The van der Waals surface area contributed by atoms with Gasteiger partial charge in [-0.1, -0.05) is 38.3 Å². The minimum absolute atomic E-state index is 0.0268. The maximum Gasteiger partial charge on any atom is 0.305 e. The van der Waals surface area contributed by atoms with E-state index >= 15 is 0 Å². The Labute approximate surface area is 151 Å². The standard InChI is InChI=1S/C20H31NO4/c1-3-4-7-10-17(22)14-13-16-15-21-20(24)18(16)11-8-5-6-9-12-19(23)25-2/h13-14,16-18,22H,3-4,6-7,9-12,15H2,1-2H3,(H,21,24)/b14-13+. The van der Waals surface area contributed by atoms with Gasteiger partial charge in [-0.05, 0) is 12.8 Å². The van der Waals surface area contributed by atoms with Crippen molar-refractivity contribution in [1.29, 1.82) is 0 Å². The maximum atomic E-state index is 12.0. The molecule has 0 bridgehead atoms. The number of carbonyl (C=O) groups is 2. The molecule has 1 rings (SSSR count). The lowest BCUT2D eigenvalue weighted by Gasteiger charge is -2.11. The largest absolute Gasteiger partial charge is 0.469 e. The lowest BCUT2D eigenvalue weighted by Crippen LogP contribution is -2.19. The molecule has 3 unspecified atom stereocenters. The zero-order valence-corrected chi connectivity index (χ0v) is 15.4. The number of hydrogen-bond acceptors (Lipinski definition) is 4. The number of rotatable bonds is 10. The van der Waals surface area contributed by atoms with E-state index in [1.807, 2.05) is 12.2 Å². The summed E-state index contributed by atoms with van der Waals surface area (Å²) in [4.78, 5) is 22.9. The molecule has 5 nitrogen and oxygen atoms in total. The van der Waals surface area contributed by atoms with Crippen LogP contribution in [0.5, 0.6) is 0 Å². The average Bonchev–Trinajstić information content (AvgIpc) is 2.96. The lowest BCUT2D eigenvalue weighted by molar-refractivity contribution is -0.140. The number of unbranched alkanes of at least 4 members (excludes halogenated alkanes) is 3. The SMILES string of the molecule is CCCCCC(O)/C=C/C1CNC(=O)C1CC#CCCCC(=O)OC. The summed E-state index contributed by atoms with van der Waals surface area (Å²) < 4.78 is 4.58. The molecular formula is C20H31NO4. The van der Waals surface area contributed by atoms with Crippen molar-refractivity contribution in [2.75, 3.05) is 13.7 Å². The van der Waals surface area contributed by atoms with Crippen molar-refractivity contribution >= 4 is 11.9 Å². The smallest absolute Gasteiger partial charge is 0.305 e. The van der Waals surface area contributed by atoms with Gasteiger partial charge in [-0.2, -0.15) is 0 Å². The number of ether oxygens (including phenoxy) is 1. The second kappa shape index (κ2) is 12.5. The van der Waals surface area contributed by atoms with Crippen molar-refractivity contribution in [2.24, 2.45) is 11.8 Å². The Morgan fingerprint density at radius 2 is 2.20 bits per heavy atom. The van der Waals surface area contributed by atoms with Gasteiger partial charge in [0.15, 0.2) is 0 Å². The molecule has 0 radical (unpaired) electrons. The van der Waals surface area contributed by atoms with Crippen LogP contribution < -0.4 is 5.32 Å². The fraction of sp³-hybridized carbons (Fsp3) is 0.700. The van der Waals surface area contributed by atoms with Crippen LogP contribution in [0.1, 0.15) is 58.3 Å². The normalized spacial score (nSPS) is 20.8. The Hall–Kier alpha value is -1.80. The number of aliphatic hydroxyl groups excluding tert-OH is 1. The van der Waals surface area contributed by atoms with E-state index in [0.717, 1.165) is 25.7 Å². The molecule has 25 heavy (non-hydrogen) atoms. The van der Waals surface area contributed by atoms with Crippen LogP contribution in [-0.2, 0) is 14.3 Å². The minimum Gasteiger partial charge on any atom is -0.469 e. The van der Waals surface area contributed by atoms with E-state index < -0.39 is 6.10 Å². The van der Waals surface area contributed by atoms with E-state index in [1.54, 1.807) is 0 Å². The minimum atomic E-state index is -0.438. The van der Waals surface area contributed by atoms with Gasteiger partial charge in [0.25, 0.3) is 0 Å². The molecule has 0 aromatic heterocycles. The molecule has 1 aliphatic heterocycles. The van der Waals surface area contributed by atoms with Gasteiger partial charge in [-0.3, -0.25) is 9.59 Å². The fourth-order valence-corrected chi connectivity index (χ4v) is 2.80. The van der Waals surface area contributed by atoms with Gasteiger partial charge in [0.2, 0.25) is 5.91 Å². The number of nitrogens with one attached hydrogen (secondary N) is 1. The zero-order chi connectivity index (χ0) is 18.5. The molecular weight excluding hydrogens is 318 g/mol. The van der Waals surface area contributed by atoms with Crippen LogP contribution in [0.3, 0.4) is 0 Å². The number of amides is 1. The van der Waals surface area contributed by atoms with Crippen LogP contribution in [-0.4, -0.2) is 36.7 Å². The lowest BCUT2D eigenvalue weighted by atomic mass is 9.91. The topological polar surface area (TPSA) is 75.6 Å². The molecule has 0 aromatic rings. The van der Waals surface area contributed by atoms with Gasteiger partial charge in [-0.25, -0.2) is 0 Å². The summed E-state index contributed by atoms with van der Waals surface area (Å²) >= 11 is 0. The van der Waals surface area contributed by atoms with Gasteiger partial charge in [0.1, 0.15) is 0 Å². The van der Waals surface area contributed by atoms with E-state index in [0.29, 0.717) is 32.2 Å². The van der Waals surface area contributed by atoms with Gasteiger partial charge in [0.05, 0.1) is 19.1 Å². The number of carbonyl (C=O) groups excluding carboxylic acids is 2. The zero-order valence-electron chi connectivity index (χ0n) is 15.4. The van der Waals surface area contributed by atoms with Crippen LogP contribution >= 0.6 is 0 Å². The van der Waals surface area contributed by atoms with Crippen LogP contribution in [0.4, 0.5) is 0 Å². The summed E-state index contributed by atoms with van der Waals surface area (Å²) in [5, 5.41) is 12.8. The first-order chi connectivity index (χ1) is 12.1. The third-order valence-electron chi connectivity index (χ3n) is 4.41. The molecule has 0 aliphatic carbocycles. The second-order valence-electron chi connectivity index (χ2n) is 6.45. The average molecular weight is 349 g/mol. The van der Waals surface area contributed by atoms with Crippen LogP contribution in [0.25, 0.3) is 0 Å². The number of esters is 1. The Bertz CT molecular complexity index is 504. The van der Waals surface area contributed by atoms with Crippen molar-refractivity contribution in [3.8, 4) is 11.8 Å². The van der Waals surface area contributed by atoms with E-state index in [1.165, 1.54) is 7.11 Å². The van der Waals surface area contributed by atoms with Gasteiger partial charge < -0.3 is 15.2 Å². The van der Waals surface area contributed by atoms with Crippen molar-refractivity contribution < 1.29 is 19.4 Å². The Balaban J connectivity index is 2.38. The molecule has 3 atom stereocenters. The second-order valence-corrected chi connectivity index (χ2v) is 6.45. The highest BCUT2D eigenvalue weighted by atomic mass is 16.5. The van der Waals surface area contributed by atoms with E-state index in [4.69, 9.17) is 0 Å². The molecule has 1 amide bonds. The van der Waals surface area contributed by atoms with Gasteiger partial charge in [-0.15, -0.1) is 11.8 Å². The molecule has 140 valence electrons. The van der Waals surface area contributed by atoms with E-state index in [-0.39, 0.29) is 23.7 Å². The van der Waals surface area contributed by atoms with Crippen molar-refractivity contribution in [3.63, 3.8) is 0 Å². The summed E-state index contributed by atoms with van der Waals surface area (Å²) in [5.74, 6) is 5.80. The molecule has 0 spiro atoms. The van der Waals surface area contributed by atoms with Crippen molar-refractivity contribution in [3.05, 3.63) is 12.2 Å². The Kier molecular flexibility index (Phi) is 10.7. The maximum absolute atomic E-state index is 12.0. The first-order valence-corrected chi connectivity index (χ1v) is 9.25. The highest BCUT2D eigenvalue weighted by Gasteiger charge is 2.32. The Morgan fingerprint density at radius 1 is 1.40 bits per heavy atom. The first kappa shape index (κ1) is 21.2. The summed E-state index contributed by atoms with van der Waals surface area (Å²) in [6.45, 7) is 2.74. The summed E-state index contributed by atoms with van der Waals surface area (Å²) in [6.07, 6.45) is 9.56. The molecule has 1 saturated heterocycles. The van der Waals surface area contributed by atoms with Crippen molar-refractivity contribution in [1.82, 2.24) is 5.32 Å². The predicted molar refractivity (Wildman–Crippen MR) is 97.5 cm³/mol. The third-order valence-corrected chi connectivity index (χ3v) is 4.41. The molecule has 0 aromatic carbocycles. The molecule has 0 saturated carbocycles. The first-order valence-electron chi connectivity index (χ1n) is 9.25. The Morgan fingerprint density at radius 3 is 2.92 bits per heavy atom. The van der Waals surface area contributed by atoms with Crippen LogP contribution in [0.2, 0.25) is 0 Å². The third kappa shape index (κ3) is 8.74. The van der Waals surface area contributed by atoms with E-state index in [2.05, 4.69) is 28.8 Å². The van der Waals surface area contributed by atoms with Crippen LogP contribution in [0.15, 0.2) is 12.2 Å². The summed E-state index contributed by atoms with van der Waals surface area (Å²) in [7, 11) is 1.38. The highest BCUT2D eigenvalue weighted by molar-refractivity contribution is 5.81. The molecule has 1 aliphatic rings. The molecule has 1 fully saturated rings. The highest BCUT2D eigenvalue weighted by Crippen LogP contribution is 2.23. The van der Waals surface area contributed by atoms with Gasteiger partial charge >= 0.3 is 5.97 Å². The van der Waals surface area contributed by atoms with Crippen LogP contribution in [0, 0.1) is 23.7 Å². The number of hydrogen-bond donors (Lipinski definition) is 2. The van der Waals surface area contributed by atoms with Gasteiger partial charge in [0, 0.05) is 31.7 Å². The number of aliphatic hydroxyl groups is 1.